The molecule has 2 aromatic heterocycles. The second-order valence-corrected chi connectivity index (χ2v) is 5.28. The van der Waals surface area contributed by atoms with Crippen molar-refractivity contribution in [2.45, 2.75) is 0 Å². The summed E-state index contributed by atoms with van der Waals surface area (Å²) >= 11 is 0. The highest BCUT2D eigenvalue weighted by molar-refractivity contribution is 5.89. The third-order valence-corrected chi connectivity index (χ3v) is 3.62. The molecule has 4 rings (SSSR count). The largest absolute Gasteiger partial charge is 0.423 e. The summed E-state index contributed by atoms with van der Waals surface area (Å²) in [5, 5.41) is 7.42. The molecule has 0 bridgehead atoms. The van der Waals surface area contributed by atoms with E-state index in [-0.39, 0.29) is 11.5 Å². The molecular weight excluding hydrogens is 339 g/mol. The summed E-state index contributed by atoms with van der Waals surface area (Å²) in [6.07, 6.45) is 4.08. The third kappa shape index (κ3) is 3.07. The molecule has 128 valence electrons. The highest BCUT2D eigenvalue weighted by Crippen LogP contribution is 2.21. The summed E-state index contributed by atoms with van der Waals surface area (Å²) in [5.41, 5.74) is 1.53. The molecule has 2 heterocycles. The van der Waals surface area contributed by atoms with Gasteiger partial charge in [0.25, 0.3) is 0 Å². The predicted octanol–water partition coefficient (Wildman–Crippen LogP) is 3.28. The van der Waals surface area contributed by atoms with E-state index in [0.717, 1.165) is 0 Å². The van der Waals surface area contributed by atoms with Gasteiger partial charge in [-0.2, -0.15) is 0 Å². The van der Waals surface area contributed by atoms with Crippen LogP contribution in [0.5, 0.6) is 5.75 Å². The minimum atomic E-state index is -0.586. The molecule has 0 radical (unpaired) electrons. The van der Waals surface area contributed by atoms with E-state index in [4.69, 9.17) is 9.15 Å². The molecule has 0 unspecified atom stereocenters. The van der Waals surface area contributed by atoms with E-state index in [0.29, 0.717) is 22.9 Å². The van der Waals surface area contributed by atoms with Gasteiger partial charge in [0.15, 0.2) is 5.69 Å². The van der Waals surface area contributed by atoms with Gasteiger partial charge in [-0.3, -0.25) is 4.57 Å². The van der Waals surface area contributed by atoms with Crippen molar-refractivity contribution in [3.63, 3.8) is 0 Å². The standard InChI is InChI=1S/C18H11FN4O3/c19-13-3-5-14(6-4-13)23-10-20-9-16(23)18(24)26-15-7-1-12(2-8-15)17-22-21-11-25-17/h1-11H. The van der Waals surface area contributed by atoms with E-state index >= 15 is 0 Å². The minimum absolute atomic E-state index is 0.220. The molecule has 0 amide bonds. The van der Waals surface area contributed by atoms with Crippen LogP contribution in [0.25, 0.3) is 17.1 Å². The van der Waals surface area contributed by atoms with Crippen LogP contribution in [-0.2, 0) is 0 Å². The number of carbonyl (C=O) groups is 1. The van der Waals surface area contributed by atoms with Crippen LogP contribution < -0.4 is 4.74 Å². The molecule has 4 aromatic rings. The first-order chi connectivity index (χ1) is 12.7. The molecule has 0 aliphatic rings. The van der Waals surface area contributed by atoms with Gasteiger partial charge < -0.3 is 9.15 Å². The van der Waals surface area contributed by atoms with Gasteiger partial charge in [0, 0.05) is 11.3 Å². The van der Waals surface area contributed by atoms with Crippen LogP contribution in [0.3, 0.4) is 0 Å². The Hall–Kier alpha value is -3.81. The smallest absolute Gasteiger partial charge is 0.362 e. The molecule has 2 aromatic carbocycles. The molecule has 0 aliphatic heterocycles. The monoisotopic (exact) mass is 350 g/mol. The van der Waals surface area contributed by atoms with Crippen molar-refractivity contribution in [1.82, 2.24) is 19.7 Å². The lowest BCUT2D eigenvalue weighted by atomic mass is 10.2. The fraction of sp³-hybridized carbons (Fsp3) is 0. The van der Waals surface area contributed by atoms with Gasteiger partial charge in [0.05, 0.1) is 12.5 Å². The van der Waals surface area contributed by atoms with E-state index in [2.05, 4.69) is 15.2 Å². The zero-order valence-electron chi connectivity index (χ0n) is 13.2. The number of hydrogen-bond acceptors (Lipinski definition) is 6. The summed E-state index contributed by atoms with van der Waals surface area (Å²) in [4.78, 5) is 16.4. The Balaban J connectivity index is 1.54. The van der Waals surface area contributed by atoms with Gasteiger partial charge in [-0.15, -0.1) is 10.2 Å². The van der Waals surface area contributed by atoms with E-state index in [1.807, 2.05) is 0 Å². The molecule has 0 N–H and O–H groups in total. The van der Waals surface area contributed by atoms with E-state index in [9.17, 15) is 9.18 Å². The molecule has 0 aliphatic carbocycles. The summed E-state index contributed by atoms with van der Waals surface area (Å²) in [6.45, 7) is 0. The zero-order valence-corrected chi connectivity index (χ0v) is 13.2. The number of hydrogen-bond donors (Lipinski definition) is 0. The van der Waals surface area contributed by atoms with Crippen LogP contribution in [0.2, 0.25) is 0 Å². The van der Waals surface area contributed by atoms with Crippen molar-refractivity contribution < 1.29 is 18.3 Å². The SMILES string of the molecule is O=C(Oc1ccc(-c2nnco2)cc1)c1cncn1-c1ccc(F)cc1. The Morgan fingerprint density at radius 3 is 2.54 bits per heavy atom. The Morgan fingerprint density at radius 1 is 1.08 bits per heavy atom. The number of ether oxygens (including phenoxy) is 1. The zero-order chi connectivity index (χ0) is 17.9. The van der Waals surface area contributed by atoms with Gasteiger partial charge in [-0.1, -0.05) is 0 Å². The second-order valence-electron chi connectivity index (χ2n) is 5.28. The number of imidazole rings is 1. The maximum absolute atomic E-state index is 13.1. The summed E-state index contributed by atoms with van der Waals surface area (Å²) in [7, 11) is 0. The molecular formula is C18H11FN4O3. The maximum atomic E-state index is 13.1. The number of carbonyl (C=O) groups excluding carboxylic acids is 1. The minimum Gasteiger partial charge on any atom is -0.423 e. The van der Waals surface area contributed by atoms with Gasteiger partial charge in [-0.25, -0.2) is 14.2 Å². The lowest BCUT2D eigenvalue weighted by Crippen LogP contribution is -2.13. The molecule has 0 spiro atoms. The van der Waals surface area contributed by atoms with Gasteiger partial charge in [0.1, 0.15) is 11.6 Å². The lowest BCUT2D eigenvalue weighted by molar-refractivity contribution is 0.0726. The summed E-state index contributed by atoms with van der Waals surface area (Å²) in [6, 6.07) is 12.4. The summed E-state index contributed by atoms with van der Waals surface area (Å²) < 4.78 is 25.1. The van der Waals surface area contributed by atoms with Crippen LogP contribution in [0.4, 0.5) is 4.39 Å². The Labute approximate surface area is 146 Å². The maximum Gasteiger partial charge on any atom is 0.362 e. The summed E-state index contributed by atoms with van der Waals surface area (Å²) in [5.74, 6) is -0.223. The van der Waals surface area contributed by atoms with Crippen LogP contribution in [-0.4, -0.2) is 25.7 Å². The van der Waals surface area contributed by atoms with Crippen molar-refractivity contribution in [2.24, 2.45) is 0 Å². The number of halogens is 1. The van der Waals surface area contributed by atoms with Crippen molar-refractivity contribution in [3.8, 4) is 22.9 Å². The second kappa shape index (κ2) is 6.60. The van der Waals surface area contributed by atoms with Crippen molar-refractivity contribution in [2.75, 3.05) is 0 Å². The van der Waals surface area contributed by atoms with Crippen LogP contribution in [0, 0.1) is 5.82 Å². The molecule has 26 heavy (non-hydrogen) atoms. The average molecular weight is 350 g/mol. The number of rotatable bonds is 4. The van der Waals surface area contributed by atoms with Crippen LogP contribution in [0.15, 0.2) is 71.9 Å². The highest BCUT2D eigenvalue weighted by Gasteiger charge is 2.16. The fourth-order valence-corrected chi connectivity index (χ4v) is 2.38. The Morgan fingerprint density at radius 2 is 1.85 bits per heavy atom. The molecule has 8 heteroatoms. The first kappa shape index (κ1) is 15.7. The molecule has 0 atom stereocenters. The molecule has 0 saturated carbocycles. The van der Waals surface area contributed by atoms with Crippen molar-refractivity contribution in [3.05, 3.63) is 79.0 Å². The topological polar surface area (TPSA) is 83.0 Å². The predicted molar refractivity (Wildman–Crippen MR) is 88.2 cm³/mol. The number of aromatic nitrogens is 4. The number of nitrogens with zero attached hydrogens (tertiary/aromatic N) is 4. The molecule has 7 nitrogen and oxygen atoms in total. The van der Waals surface area contributed by atoms with E-state index in [1.165, 1.54) is 35.6 Å². The van der Waals surface area contributed by atoms with E-state index in [1.54, 1.807) is 36.4 Å². The molecule has 0 fully saturated rings. The highest BCUT2D eigenvalue weighted by atomic mass is 19.1. The van der Waals surface area contributed by atoms with Gasteiger partial charge in [0.2, 0.25) is 12.3 Å². The van der Waals surface area contributed by atoms with Crippen molar-refractivity contribution >= 4 is 5.97 Å². The van der Waals surface area contributed by atoms with E-state index < -0.39 is 5.97 Å². The Bertz CT molecular complexity index is 1030. The van der Waals surface area contributed by atoms with Crippen LogP contribution in [0.1, 0.15) is 10.5 Å². The molecule has 0 saturated heterocycles. The average Bonchev–Trinajstić information content (AvgIpc) is 3.35. The third-order valence-electron chi connectivity index (χ3n) is 3.62. The van der Waals surface area contributed by atoms with Gasteiger partial charge in [-0.05, 0) is 48.5 Å². The lowest BCUT2D eigenvalue weighted by Gasteiger charge is -2.08. The Kier molecular flexibility index (Phi) is 3.98. The van der Waals surface area contributed by atoms with Crippen molar-refractivity contribution in [1.29, 1.82) is 0 Å². The van der Waals surface area contributed by atoms with Gasteiger partial charge >= 0.3 is 5.97 Å². The first-order valence-electron chi connectivity index (χ1n) is 7.58. The van der Waals surface area contributed by atoms with Crippen LogP contribution >= 0.6 is 0 Å². The quantitative estimate of drug-likeness (QED) is 0.415. The number of esters is 1. The normalized spacial score (nSPS) is 10.7. The number of benzene rings is 2. The fourth-order valence-electron chi connectivity index (χ4n) is 2.38. The first-order valence-corrected chi connectivity index (χ1v) is 7.58.